The monoisotopic (exact) mass is 243 g/mol. The van der Waals surface area contributed by atoms with Gasteiger partial charge in [0, 0.05) is 12.5 Å². The van der Waals surface area contributed by atoms with E-state index in [9.17, 15) is 4.39 Å². The van der Waals surface area contributed by atoms with Gasteiger partial charge in [0.15, 0.2) is 11.7 Å². The first-order valence-corrected chi connectivity index (χ1v) is 5.46. The maximum atomic E-state index is 13.6. The van der Waals surface area contributed by atoms with Crippen molar-refractivity contribution in [3.8, 4) is 22.8 Å². The number of nitrogens with zero attached hydrogens (tertiary/aromatic N) is 2. The summed E-state index contributed by atoms with van der Waals surface area (Å²) >= 11 is 0. The number of hydrogen-bond acceptors (Lipinski definition) is 3. The molecule has 0 unspecified atom stereocenters. The Morgan fingerprint density at radius 2 is 2.11 bits per heavy atom. The highest BCUT2D eigenvalue weighted by Gasteiger charge is 2.11. The number of hydrogen-bond donors (Lipinski definition) is 1. The molecular formula is C13H10FN3O. The van der Waals surface area contributed by atoms with E-state index in [0.29, 0.717) is 28.7 Å². The summed E-state index contributed by atoms with van der Waals surface area (Å²) in [5, 5.41) is 0. The van der Waals surface area contributed by atoms with Gasteiger partial charge in [-0.3, -0.25) is 0 Å². The van der Waals surface area contributed by atoms with Gasteiger partial charge in [-0.25, -0.2) is 14.4 Å². The lowest BCUT2D eigenvalue weighted by Crippen LogP contribution is -1.84. The zero-order valence-corrected chi connectivity index (χ0v) is 9.64. The molecule has 0 amide bonds. The molecule has 0 aliphatic rings. The molecule has 0 aliphatic carbocycles. The second kappa shape index (κ2) is 4.10. The average molecular weight is 243 g/mol. The van der Waals surface area contributed by atoms with Crippen molar-refractivity contribution in [3.63, 3.8) is 0 Å². The molecular weight excluding hydrogens is 233 g/mol. The fraction of sp³-hybridized carbons (Fsp3) is 0.0769. The van der Waals surface area contributed by atoms with E-state index in [2.05, 4.69) is 15.0 Å². The molecule has 2 aromatic heterocycles. The van der Waals surface area contributed by atoms with Crippen LogP contribution in [0.1, 0.15) is 5.89 Å². The summed E-state index contributed by atoms with van der Waals surface area (Å²) in [4.78, 5) is 11.4. The SMILES string of the molecule is Cc1nc(-c2ncc(-c3ccccc3F)[nH]2)co1. The zero-order valence-electron chi connectivity index (χ0n) is 9.64. The summed E-state index contributed by atoms with van der Waals surface area (Å²) in [5.74, 6) is 0.836. The van der Waals surface area contributed by atoms with Crippen LogP contribution in [0.4, 0.5) is 4.39 Å². The Morgan fingerprint density at radius 1 is 1.28 bits per heavy atom. The fourth-order valence-electron chi connectivity index (χ4n) is 1.74. The lowest BCUT2D eigenvalue weighted by molar-refractivity contribution is 0.521. The van der Waals surface area contributed by atoms with Gasteiger partial charge in [0.2, 0.25) is 0 Å². The predicted molar refractivity (Wildman–Crippen MR) is 64.2 cm³/mol. The number of nitrogens with one attached hydrogen (secondary N) is 1. The van der Waals surface area contributed by atoms with Crippen LogP contribution in [-0.2, 0) is 0 Å². The van der Waals surface area contributed by atoms with Crippen LogP contribution in [0, 0.1) is 12.7 Å². The van der Waals surface area contributed by atoms with E-state index in [0.717, 1.165) is 0 Å². The Labute approximate surface area is 103 Å². The number of halogens is 1. The number of imidazole rings is 1. The molecule has 0 radical (unpaired) electrons. The van der Waals surface area contributed by atoms with Gasteiger partial charge in [0.25, 0.3) is 0 Å². The summed E-state index contributed by atoms with van der Waals surface area (Å²) in [6.45, 7) is 1.75. The van der Waals surface area contributed by atoms with Crippen molar-refractivity contribution in [2.75, 3.05) is 0 Å². The highest BCUT2D eigenvalue weighted by Crippen LogP contribution is 2.23. The molecule has 0 atom stereocenters. The molecule has 0 saturated carbocycles. The quantitative estimate of drug-likeness (QED) is 0.752. The summed E-state index contributed by atoms with van der Waals surface area (Å²) < 4.78 is 18.7. The topological polar surface area (TPSA) is 54.7 Å². The third kappa shape index (κ3) is 1.79. The van der Waals surface area contributed by atoms with Crippen LogP contribution in [0.5, 0.6) is 0 Å². The van der Waals surface area contributed by atoms with Gasteiger partial charge in [-0.1, -0.05) is 12.1 Å². The average Bonchev–Trinajstić information content (AvgIpc) is 2.98. The van der Waals surface area contributed by atoms with Crippen LogP contribution < -0.4 is 0 Å². The maximum absolute atomic E-state index is 13.6. The Balaban J connectivity index is 2.02. The molecule has 0 saturated heterocycles. The number of rotatable bonds is 2. The smallest absolute Gasteiger partial charge is 0.191 e. The molecule has 0 bridgehead atoms. The summed E-state index contributed by atoms with van der Waals surface area (Å²) in [6, 6.07) is 6.53. The first-order chi connectivity index (χ1) is 8.74. The second-order valence-corrected chi connectivity index (χ2v) is 3.88. The second-order valence-electron chi connectivity index (χ2n) is 3.88. The first kappa shape index (κ1) is 10.7. The Morgan fingerprint density at radius 3 is 2.83 bits per heavy atom. The van der Waals surface area contributed by atoms with Crippen molar-refractivity contribution in [1.29, 1.82) is 0 Å². The number of H-pyrrole nitrogens is 1. The van der Waals surface area contributed by atoms with Crippen molar-refractivity contribution >= 4 is 0 Å². The van der Waals surface area contributed by atoms with E-state index in [-0.39, 0.29) is 5.82 Å². The lowest BCUT2D eigenvalue weighted by Gasteiger charge is -1.98. The van der Waals surface area contributed by atoms with E-state index in [4.69, 9.17) is 4.42 Å². The van der Waals surface area contributed by atoms with E-state index in [1.807, 2.05) is 0 Å². The highest BCUT2D eigenvalue weighted by molar-refractivity contribution is 5.62. The third-order valence-electron chi connectivity index (χ3n) is 2.60. The van der Waals surface area contributed by atoms with Gasteiger partial charge >= 0.3 is 0 Å². The molecule has 0 fully saturated rings. The Kier molecular flexibility index (Phi) is 2.44. The van der Waals surface area contributed by atoms with Gasteiger partial charge in [-0.2, -0.15) is 0 Å². The van der Waals surface area contributed by atoms with Crippen LogP contribution in [0.25, 0.3) is 22.8 Å². The minimum absolute atomic E-state index is 0.288. The van der Waals surface area contributed by atoms with Crippen molar-refractivity contribution in [1.82, 2.24) is 15.0 Å². The highest BCUT2D eigenvalue weighted by atomic mass is 19.1. The zero-order chi connectivity index (χ0) is 12.5. The van der Waals surface area contributed by atoms with Crippen LogP contribution in [0.15, 0.2) is 41.1 Å². The van der Waals surface area contributed by atoms with E-state index in [1.165, 1.54) is 12.3 Å². The summed E-state index contributed by atoms with van der Waals surface area (Å²) in [7, 11) is 0. The number of benzene rings is 1. The molecule has 5 heteroatoms. The van der Waals surface area contributed by atoms with Gasteiger partial charge in [-0.05, 0) is 12.1 Å². The van der Waals surface area contributed by atoms with Gasteiger partial charge in [0.1, 0.15) is 17.8 Å². The molecule has 4 nitrogen and oxygen atoms in total. The van der Waals surface area contributed by atoms with Gasteiger partial charge < -0.3 is 9.40 Å². The summed E-state index contributed by atoms with van der Waals surface area (Å²) in [6.07, 6.45) is 3.09. The molecule has 1 N–H and O–H groups in total. The minimum atomic E-state index is -0.288. The van der Waals surface area contributed by atoms with Crippen molar-refractivity contribution in [3.05, 3.63) is 48.4 Å². The van der Waals surface area contributed by atoms with Crippen molar-refractivity contribution < 1.29 is 8.81 Å². The fourth-order valence-corrected chi connectivity index (χ4v) is 1.74. The van der Waals surface area contributed by atoms with Crippen LogP contribution >= 0.6 is 0 Å². The van der Waals surface area contributed by atoms with Gasteiger partial charge in [0.05, 0.1) is 11.9 Å². The van der Waals surface area contributed by atoms with E-state index in [1.54, 1.807) is 31.3 Å². The standard InChI is InChI=1S/C13H10FN3O/c1-8-16-12(7-18-8)13-15-6-11(17-13)9-4-2-3-5-10(9)14/h2-7H,1H3,(H,15,17). The predicted octanol–water partition coefficient (Wildman–Crippen LogP) is 3.18. The minimum Gasteiger partial charge on any atom is -0.449 e. The van der Waals surface area contributed by atoms with Crippen molar-refractivity contribution in [2.24, 2.45) is 0 Å². The van der Waals surface area contributed by atoms with Gasteiger partial charge in [-0.15, -0.1) is 0 Å². The molecule has 0 spiro atoms. The maximum Gasteiger partial charge on any atom is 0.191 e. The number of aromatic nitrogens is 3. The van der Waals surface area contributed by atoms with Crippen molar-refractivity contribution in [2.45, 2.75) is 6.92 Å². The lowest BCUT2D eigenvalue weighted by atomic mass is 10.1. The Hall–Kier alpha value is -2.43. The molecule has 3 rings (SSSR count). The molecule has 3 aromatic rings. The Bertz CT molecular complexity index is 687. The molecule has 1 aromatic carbocycles. The molecule has 18 heavy (non-hydrogen) atoms. The number of aromatic amines is 1. The third-order valence-corrected chi connectivity index (χ3v) is 2.60. The summed E-state index contributed by atoms with van der Waals surface area (Å²) in [5.41, 5.74) is 1.70. The largest absolute Gasteiger partial charge is 0.449 e. The number of oxazole rings is 1. The normalized spacial score (nSPS) is 10.8. The van der Waals surface area contributed by atoms with E-state index >= 15 is 0 Å². The molecule has 0 aliphatic heterocycles. The molecule has 2 heterocycles. The molecule has 90 valence electrons. The van der Waals surface area contributed by atoms with Crippen LogP contribution in [0.3, 0.4) is 0 Å². The number of aryl methyl sites for hydroxylation is 1. The van der Waals surface area contributed by atoms with Crippen LogP contribution in [0.2, 0.25) is 0 Å². The van der Waals surface area contributed by atoms with Crippen LogP contribution in [-0.4, -0.2) is 15.0 Å². The first-order valence-electron chi connectivity index (χ1n) is 5.46. The van der Waals surface area contributed by atoms with E-state index < -0.39 is 0 Å².